The van der Waals surface area contributed by atoms with Crippen molar-refractivity contribution in [1.82, 2.24) is 4.98 Å². The summed E-state index contributed by atoms with van der Waals surface area (Å²) in [5, 5.41) is 0. The van der Waals surface area contributed by atoms with Crippen LogP contribution < -0.4 is 4.74 Å². The largest absolute Gasteiger partial charge is 0.438 e. The molecule has 1 aromatic carbocycles. The Morgan fingerprint density at radius 3 is 2.14 bits per heavy atom. The van der Waals surface area contributed by atoms with Crippen molar-refractivity contribution >= 4 is 0 Å². The quantitative estimate of drug-likeness (QED) is 0.760. The summed E-state index contributed by atoms with van der Waals surface area (Å²) >= 11 is 0. The van der Waals surface area contributed by atoms with Crippen LogP contribution in [0.5, 0.6) is 11.6 Å². The van der Waals surface area contributed by atoms with Gasteiger partial charge in [0.2, 0.25) is 5.88 Å². The SMILES string of the molecule is CC(C)(C)c1ccc(Oc2ccccc2C(F)(F)F)nc1. The minimum absolute atomic E-state index is 0.0740. The van der Waals surface area contributed by atoms with Crippen molar-refractivity contribution in [3.63, 3.8) is 0 Å². The minimum Gasteiger partial charge on any atom is -0.438 e. The molecule has 5 heteroatoms. The van der Waals surface area contributed by atoms with E-state index in [0.717, 1.165) is 11.6 Å². The number of hydrogen-bond acceptors (Lipinski definition) is 2. The van der Waals surface area contributed by atoms with E-state index < -0.39 is 11.7 Å². The molecule has 0 saturated carbocycles. The fourth-order valence-corrected chi connectivity index (χ4v) is 1.79. The number of ether oxygens (including phenoxy) is 1. The highest BCUT2D eigenvalue weighted by molar-refractivity contribution is 5.38. The Kier molecular flexibility index (Phi) is 3.94. The van der Waals surface area contributed by atoms with E-state index in [9.17, 15) is 13.2 Å². The van der Waals surface area contributed by atoms with E-state index in [1.807, 2.05) is 20.8 Å². The molecule has 0 fully saturated rings. The molecule has 0 aliphatic heterocycles. The average molecular weight is 295 g/mol. The molecule has 1 aromatic heterocycles. The summed E-state index contributed by atoms with van der Waals surface area (Å²) in [5.74, 6) is -0.110. The molecule has 2 nitrogen and oxygen atoms in total. The molecular weight excluding hydrogens is 279 g/mol. The van der Waals surface area contributed by atoms with E-state index in [0.29, 0.717) is 0 Å². The van der Waals surface area contributed by atoms with Crippen molar-refractivity contribution in [3.05, 3.63) is 53.7 Å². The van der Waals surface area contributed by atoms with Gasteiger partial charge in [-0.2, -0.15) is 13.2 Å². The summed E-state index contributed by atoms with van der Waals surface area (Å²) < 4.78 is 43.9. The van der Waals surface area contributed by atoms with Gasteiger partial charge in [0, 0.05) is 12.3 Å². The zero-order valence-corrected chi connectivity index (χ0v) is 12.0. The first kappa shape index (κ1) is 15.4. The minimum atomic E-state index is -4.46. The lowest BCUT2D eigenvalue weighted by Gasteiger charge is -2.18. The molecular formula is C16H16F3NO. The number of benzene rings is 1. The molecule has 1 heterocycles. The van der Waals surface area contributed by atoms with Crippen molar-refractivity contribution in [2.24, 2.45) is 0 Å². The van der Waals surface area contributed by atoms with Crippen molar-refractivity contribution in [1.29, 1.82) is 0 Å². The Bertz CT molecular complexity index is 613. The van der Waals surface area contributed by atoms with E-state index in [1.165, 1.54) is 18.2 Å². The van der Waals surface area contributed by atoms with Gasteiger partial charge in [-0.15, -0.1) is 0 Å². The zero-order valence-electron chi connectivity index (χ0n) is 12.0. The molecule has 112 valence electrons. The monoisotopic (exact) mass is 295 g/mol. The molecule has 2 aromatic rings. The highest BCUT2D eigenvalue weighted by Crippen LogP contribution is 2.37. The van der Waals surface area contributed by atoms with E-state index in [4.69, 9.17) is 4.74 Å². The first-order valence-corrected chi connectivity index (χ1v) is 6.48. The maximum atomic E-state index is 12.9. The third-order valence-electron chi connectivity index (χ3n) is 3.01. The average Bonchev–Trinajstić information content (AvgIpc) is 2.37. The second kappa shape index (κ2) is 5.39. The number of hydrogen-bond donors (Lipinski definition) is 0. The Labute approximate surface area is 121 Å². The van der Waals surface area contributed by atoms with Crippen molar-refractivity contribution in [3.8, 4) is 11.6 Å². The van der Waals surface area contributed by atoms with Crippen LogP contribution in [0.15, 0.2) is 42.6 Å². The maximum absolute atomic E-state index is 12.9. The van der Waals surface area contributed by atoms with Gasteiger partial charge in [-0.1, -0.05) is 39.0 Å². The fourth-order valence-electron chi connectivity index (χ4n) is 1.79. The van der Waals surface area contributed by atoms with Gasteiger partial charge in [-0.25, -0.2) is 4.98 Å². The Morgan fingerprint density at radius 1 is 0.952 bits per heavy atom. The maximum Gasteiger partial charge on any atom is 0.419 e. The molecule has 0 atom stereocenters. The number of rotatable bonds is 2. The predicted molar refractivity (Wildman–Crippen MR) is 74.5 cm³/mol. The molecule has 0 spiro atoms. The molecule has 0 bridgehead atoms. The topological polar surface area (TPSA) is 22.1 Å². The summed E-state index contributed by atoms with van der Waals surface area (Å²) in [6, 6.07) is 8.47. The van der Waals surface area contributed by atoms with E-state index >= 15 is 0 Å². The summed E-state index contributed by atoms with van der Waals surface area (Å²) in [4.78, 5) is 4.07. The van der Waals surface area contributed by atoms with E-state index in [1.54, 1.807) is 18.3 Å². The first-order chi connectivity index (χ1) is 9.68. The number of halogens is 3. The highest BCUT2D eigenvalue weighted by atomic mass is 19.4. The predicted octanol–water partition coefficient (Wildman–Crippen LogP) is 5.19. The van der Waals surface area contributed by atoms with Gasteiger partial charge in [0.1, 0.15) is 5.75 Å². The first-order valence-electron chi connectivity index (χ1n) is 6.48. The molecule has 0 N–H and O–H groups in total. The number of pyridine rings is 1. The van der Waals surface area contributed by atoms with Crippen LogP contribution in [-0.4, -0.2) is 4.98 Å². The van der Waals surface area contributed by atoms with Gasteiger partial charge in [-0.05, 0) is 23.1 Å². The number of aromatic nitrogens is 1. The Hall–Kier alpha value is -2.04. The summed E-state index contributed by atoms with van der Waals surface area (Å²) in [6.07, 6.45) is -2.84. The number of alkyl halides is 3. The van der Waals surface area contributed by atoms with Crippen LogP contribution in [0.4, 0.5) is 13.2 Å². The Morgan fingerprint density at radius 2 is 1.62 bits per heavy atom. The molecule has 0 saturated heterocycles. The molecule has 0 amide bonds. The molecule has 2 rings (SSSR count). The molecule has 21 heavy (non-hydrogen) atoms. The smallest absolute Gasteiger partial charge is 0.419 e. The molecule has 0 aliphatic rings. The summed E-state index contributed by atoms with van der Waals surface area (Å²) in [6.45, 7) is 6.09. The van der Waals surface area contributed by atoms with Crippen LogP contribution in [-0.2, 0) is 11.6 Å². The van der Waals surface area contributed by atoms with Crippen LogP contribution in [0.2, 0.25) is 0 Å². The number of para-hydroxylation sites is 1. The van der Waals surface area contributed by atoms with Crippen molar-refractivity contribution in [2.45, 2.75) is 32.4 Å². The standard InChI is InChI=1S/C16H16F3NO/c1-15(2,3)11-8-9-14(20-10-11)21-13-7-5-4-6-12(13)16(17,18)19/h4-10H,1-3H3. The fraction of sp³-hybridized carbons (Fsp3) is 0.312. The van der Waals surface area contributed by atoms with E-state index in [-0.39, 0.29) is 17.0 Å². The third kappa shape index (κ3) is 3.74. The zero-order chi connectivity index (χ0) is 15.7. The van der Waals surface area contributed by atoms with Gasteiger partial charge in [0.25, 0.3) is 0 Å². The van der Waals surface area contributed by atoms with Crippen LogP contribution >= 0.6 is 0 Å². The molecule has 0 aliphatic carbocycles. The van der Waals surface area contributed by atoms with Gasteiger partial charge in [0.05, 0.1) is 5.56 Å². The van der Waals surface area contributed by atoms with Gasteiger partial charge < -0.3 is 4.74 Å². The van der Waals surface area contributed by atoms with Crippen molar-refractivity contribution in [2.75, 3.05) is 0 Å². The highest BCUT2D eigenvalue weighted by Gasteiger charge is 2.34. The lowest BCUT2D eigenvalue weighted by Crippen LogP contribution is -2.11. The lowest BCUT2D eigenvalue weighted by atomic mass is 9.88. The Balaban J connectivity index is 2.27. The summed E-state index contributed by atoms with van der Waals surface area (Å²) in [7, 11) is 0. The van der Waals surface area contributed by atoms with Crippen LogP contribution in [0.3, 0.4) is 0 Å². The molecule has 0 radical (unpaired) electrons. The number of nitrogens with zero attached hydrogens (tertiary/aromatic N) is 1. The van der Waals surface area contributed by atoms with Crippen molar-refractivity contribution < 1.29 is 17.9 Å². The van der Waals surface area contributed by atoms with Crippen LogP contribution in [0.1, 0.15) is 31.9 Å². The van der Waals surface area contributed by atoms with Gasteiger partial charge in [0.15, 0.2) is 0 Å². The van der Waals surface area contributed by atoms with E-state index in [2.05, 4.69) is 4.98 Å². The molecule has 0 unspecified atom stereocenters. The lowest BCUT2D eigenvalue weighted by molar-refractivity contribution is -0.138. The second-order valence-electron chi connectivity index (χ2n) is 5.73. The second-order valence-corrected chi connectivity index (χ2v) is 5.73. The summed E-state index contributed by atoms with van der Waals surface area (Å²) in [5.41, 5.74) is 0.0979. The van der Waals surface area contributed by atoms with Gasteiger partial charge >= 0.3 is 6.18 Å². The van der Waals surface area contributed by atoms with Crippen LogP contribution in [0, 0.1) is 0 Å². The third-order valence-corrected chi connectivity index (χ3v) is 3.01. The van der Waals surface area contributed by atoms with Crippen LogP contribution in [0.25, 0.3) is 0 Å². The normalized spacial score (nSPS) is 12.3. The van der Waals surface area contributed by atoms with Gasteiger partial charge in [-0.3, -0.25) is 0 Å².